The van der Waals surface area contributed by atoms with Gasteiger partial charge in [0.05, 0.1) is 27.0 Å². The number of aryl methyl sites for hydroxylation is 1. The summed E-state index contributed by atoms with van der Waals surface area (Å²) < 4.78 is 0. The summed E-state index contributed by atoms with van der Waals surface area (Å²) in [6.45, 7) is 3.86. The molecule has 6 heteroatoms. The standard InChI is InChI=1S/C23H26ClN3OS/c1-14-11-12-19(18(24)13-14)25-22(28)15(2)29-23-26-20-10-6-9-17(21(20)27-23)16-7-4-3-5-8-16/h6,9-13,15-16H,3-5,7-8H2,1-2H3,(H,25,28)(H,26,27). The van der Waals surface area contributed by atoms with Gasteiger partial charge in [0.2, 0.25) is 5.91 Å². The number of para-hydroxylation sites is 1. The van der Waals surface area contributed by atoms with Gasteiger partial charge in [-0.25, -0.2) is 4.98 Å². The van der Waals surface area contributed by atoms with Crippen LogP contribution < -0.4 is 5.32 Å². The monoisotopic (exact) mass is 427 g/mol. The van der Waals surface area contributed by atoms with Crippen LogP contribution in [0.4, 0.5) is 5.69 Å². The average Bonchev–Trinajstić information content (AvgIpc) is 3.13. The summed E-state index contributed by atoms with van der Waals surface area (Å²) in [5, 5.41) is 3.95. The van der Waals surface area contributed by atoms with Gasteiger partial charge in [-0.05, 0) is 61.9 Å². The lowest BCUT2D eigenvalue weighted by Crippen LogP contribution is -2.22. The number of halogens is 1. The van der Waals surface area contributed by atoms with E-state index in [9.17, 15) is 4.79 Å². The Morgan fingerprint density at radius 1 is 1.24 bits per heavy atom. The maximum absolute atomic E-state index is 12.7. The third kappa shape index (κ3) is 4.62. The van der Waals surface area contributed by atoms with Crippen LogP contribution in [0.5, 0.6) is 0 Å². The predicted molar refractivity (Wildman–Crippen MR) is 122 cm³/mol. The minimum atomic E-state index is -0.300. The van der Waals surface area contributed by atoms with Crippen molar-refractivity contribution in [3.63, 3.8) is 0 Å². The van der Waals surface area contributed by atoms with Gasteiger partial charge in [-0.2, -0.15) is 0 Å². The third-order valence-electron chi connectivity index (χ3n) is 5.61. The highest BCUT2D eigenvalue weighted by Crippen LogP contribution is 2.36. The van der Waals surface area contributed by atoms with Crippen LogP contribution >= 0.6 is 23.4 Å². The van der Waals surface area contributed by atoms with E-state index < -0.39 is 0 Å². The smallest absolute Gasteiger partial charge is 0.237 e. The molecule has 152 valence electrons. The number of aromatic nitrogens is 2. The summed E-state index contributed by atoms with van der Waals surface area (Å²) in [4.78, 5) is 20.9. The van der Waals surface area contributed by atoms with Gasteiger partial charge in [0, 0.05) is 0 Å². The van der Waals surface area contributed by atoms with Crippen molar-refractivity contribution in [3.8, 4) is 0 Å². The predicted octanol–water partition coefficient (Wildman–Crippen LogP) is 6.69. The first-order chi connectivity index (χ1) is 14.0. The van der Waals surface area contributed by atoms with Crippen molar-refractivity contribution in [3.05, 3.63) is 52.5 Å². The van der Waals surface area contributed by atoms with Crippen molar-refractivity contribution >= 4 is 46.0 Å². The van der Waals surface area contributed by atoms with Gasteiger partial charge in [-0.3, -0.25) is 4.79 Å². The summed E-state index contributed by atoms with van der Waals surface area (Å²) in [7, 11) is 0. The molecule has 0 saturated heterocycles. The molecular weight excluding hydrogens is 402 g/mol. The number of hydrogen-bond acceptors (Lipinski definition) is 3. The Morgan fingerprint density at radius 2 is 2.03 bits per heavy atom. The van der Waals surface area contributed by atoms with E-state index in [1.807, 2.05) is 38.1 Å². The van der Waals surface area contributed by atoms with Crippen LogP contribution in [-0.2, 0) is 4.79 Å². The minimum Gasteiger partial charge on any atom is -0.333 e. The van der Waals surface area contributed by atoms with Gasteiger partial charge in [0.15, 0.2) is 5.16 Å². The van der Waals surface area contributed by atoms with Gasteiger partial charge in [-0.15, -0.1) is 0 Å². The summed E-state index contributed by atoms with van der Waals surface area (Å²) in [5.41, 5.74) is 5.16. The van der Waals surface area contributed by atoms with E-state index >= 15 is 0 Å². The fraction of sp³-hybridized carbons (Fsp3) is 0.391. The van der Waals surface area contributed by atoms with Crippen molar-refractivity contribution < 1.29 is 4.79 Å². The molecule has 1 aromatic heterocycles. The number of nitrogens with zero attached hydrogens (tertiary/aromatic N) is 1. The molecule has 4 rings (SSSR count). The summed E-state index contributed by atoms with van der Waals surface area (Å²) >= 11 is 7.68. The molecule has 0 aliphatic heterocycles. The van der Waals surface area contributed by atoms with E-state index in [2.05, 4.69) is 22.4 Å². The lowest BCUT2D eigenvalue weighted by Gasteiger charge is -2.22. The molecule has 0 bridgehead atoms. The van der Waals surface area contributed by atoms with E-state index in [0.717, 1.165) is 21.8 Å². The van der Waals surface area contributed by atoms with Crippen molar-refractivity contribution in [1.29, 1.82) is 0 Å². The summed E-state index contributed by atoms with van der Waals surface area (Å²) in [6.07, 6.45) is 6.44. The quantitative estimate of drug-likeness (QED) is 0.446. The highest BCUT2D eigenvalue weighted by molar-refractivity contribution is 8.00. The second-order valence-electron chi connectivity index (χ2n) is 7.85. The second-order valence-corrected chi connectivity index (χ2v) is 9.59. The Hall–Kier alpha value is -1.98. The van der Waals surface area contributed by atoms with E-state index in [1.165, 1.54) is 49.4 Å². The number of hydrogen-bond donors (Lipinski definition) is 2. The molecule has 1 amide bonds. The van der Waals surface area contributed by atoms with Crippen LogP contribution in [0.3, 0.4) is 0 Å². The number of aromatic amines is 1. The number of carbonyl (C=O) groups is 1. The lowest BCUT2D eigenvalue weighted by molar-refractivity contribution is -0.115. The van der Waals surface area contributed by atoms with Gasteiger partial charge < -0.3 is 10.3 Å². The molecule has 29 heavy (non-hydrogen) atoms. The molecule has 3 aromatic rings. The molecule has 4 nitrogen and oxygen atoms in total. The first-order valence-corrected chi connectivity index (χ1v) is 11.5. The Bertz CT molecular complexity index is 1030. The molecule has 1 aliphatic rings. The van der Waals surface area contributed by atoms with Crippen LogP contribution in [0.25, 0.3) is 11.0 Å². The van der Waals surface area contributed by atoms with Crippen LogP contribution in [0, 0.1) is 6.92 Å². The zero-order chi connectivity index (χ0) is 20.4. The Morgan fingerprint density at radius 3 is 2.79 bits per heavy atom. The zero-order valence-corrected chi connectivity index (χ0v) is 18.4. The largest absolute Gasteiger partial charge is 0.333 e. The molecule has 2 N–H and O–H groups in total. The topological polar surface area (TPSA) is 57.8 Å². The number of rotatable bonds is 5. The number of benzene rings is 2. The number of amides is 1. The van der Waals surface area contributed by atoms with Crippen molar-refractivity contribution in [2.24, 2.45) is 0 Å². The SMILES string of the molecule is Cc1ccc(NC(=O)C(C)Sc2nc3cccc(C4CCCCC4)c3[nH]2)c(Cl)c1. The van der Waals surface area contributed by atoms with Crippen LogP contribution in [0.2, 0.25) is 5.02 Å². The van der Waals surface area contributed by atoms with Gasteiger partial charge >= 0.3 is 0 Å². The lowest BCUT2D eigenvalue weighted by atomic mass is 9.83. The third-order valence-corrected chi connectivity index (χ3v) is 6.91. The highest BCUT2D eigenvalue weighted by Gasteiger charge is 2.21. The number of nitrogens with one attached hydrogen (secondary N) is 2. The summed E-state index contributed by atoms with van der Waals surface area (Å²) in [6, 6.07) is 12.0. The number of carbonyl (C=O) groups excluding carboxylic acids is 1. The van der Waals surface area contributed by atoms with E-state index in [0.29, 0.717) is 16.6 Å². The average molecular weight is 428 g/mol. The van der Waals surface area contributed by atoms with E-state index in [-0.39, 0.29) is 11.2 Å². The van der Waals surface area contributed by atoms with Crippen molar-refractivity contribution in [1.82, 2.24) is 9.97 Å². The van der Waals surface area contributed by atoms with Crippen LogP contribution in [0.15, 0.2) is 41.6 Å². The molecule has 1 unspecified atom stereocenters. The van der Waals surface area contributed by atoms with Crippen LogP contribution in [-0.4, -0.2) is 21.1 Å². The number of H-pyrrole nitrogens is 1. The fourth-order valence-electron chi connectivity index (χ4n) is 4.02. The summed E-state index contributed by atoms with van der Waals surface area (Å²) in [5.74, 6) is 0.517. The second kappa shape index (κ2) is 8.80. The maximum atomic E-state index is 12.7. The van der Waals surface area contributed by atoms with Crippen molar-refractivity contribution in [2.45, 2.75) is 62.3 Å². The number of thioether (sulfide) groups is 1. The molecule has 1 fully saturated rings. The molecule has 1 saturated carbocycles. The number of fused-ring (bicyclic) bond motifs is 1. The zero-order valence-electron chi connectivity index (χ0n) is 16.8. The molecule has 0 spiro atoms. The first kappa shape index (κ1) is 20.3. The minimum absolute atomic E-state index is 0.0892. The Balaban J connectivity index is 1.49. The molecule has 0 radical (unpaired) electrons. The Labute approximate surface area is 180 Å². The van der Waals surface area contributed by atoms with E-state index in [4.69, 9.17) is 16.6 Å². The van der Waals surface area contributed by atoms with E-state index in [1.54, 1.807) is 0 Å². The van der Waals surface area contributed by atoms with Gasteiger partial charge in [-0.1, -0.05) is 60.8 Å². The highest BCUT2D eigenvalue weighted by atomic mass is 35.5. The van der Waals surface area contributed by atoms with Crippen LogP contribution in [0.1, 0.15) is 56.1 Å². The maximum Gasteiger partial charge on any atom is 0.237 e. The molecular formula is C23H26ClN3OS. The number of anilines is 1. The molecule has 1 atom stereocenters. The number of imidazole rings is 1. The molecule has 1 heterocycles. The Kier molecular flexibility index (Phi) is 6.16. The molecule has 1 aliphatic carbocycles. The van der Waals surface area contributed by atoms with Gasteiger partial charge in [0.1, 0.15) is 0 Å². The molecule has 2 aromatic carbocycles. The van der Waals surface area contributed by atoms with Gasteiger partial charge in [0.25, 0.3) is 0 Å². The van der Waals surface area contributed by atoms with Crippen molar-refractivity contribution in [2.75, 3.05) is 5.32 Å². The normalized spacial score (nSPS) is 16.1. The fourth-order valence-corrected chi connectivity index (χ4v) is 5.11. The first-order valence-electron chi connectivity index (χ1n) is 10.2.